The average molecular weight is 457 g/mol. The molecule has 2 aliphatic rings. The van der Waals surface area contributed by atoms with Crippen molar-refractivity contribution in [2.24, 2.45) is 15.1 Å². The van der Waals surface area contributed by atoms with Crippen LogP contribution in [0.2, 0.25) is 0 Å². The molecular formula is C22H28N6O3S. The van der Waals surface area contributed by atoms with Gasteiger partial charge in [-0.2, -0.15) is 8.42 Å². The van der Waals surface area contributed by atoms with Crippen LogP contribution in [0.25, 0.3) is 0 Å². The van der Waals surface area contributed by atoms with Gasteiger partial charge in [-0.15, -0.1) is 4.40 Å². The molecule has 0 aromatic heterocycles. The van der Waals surface area contributed by atoms with Crippen molar-refractivity contribution in [3.05, 3.63) is 54.1 Å². The minimum absolute atomic E-state index is 0.191. The molecule has 0 spiro atoms. The maximum atomic E-state index is 12.0. The number of aliphatic imine (C=N–C) groups is 1. The lowest BCUT2D eigenvalue weighted by Gasteiger charge is -2.32. The van der Waals surface area contributed by atoms with Crippen LogP contribution in [-0.2, 0) is 16.6 Å². The zero-order chi connectivity index (χ0) is 22.6. The molecule has 10 heteroatoms. The lowest BCUT2D eigenvalue weighted by atomic mass is 10.1. The summed E-state index contributed by atoms with van der Waals surface area (Å²) < 4.78 is 35.3. The SMILES string of the molecule is COc1ccc(CCN=C2NS(=O)(=O)N=C2Nc2ccc(N3CCC(N)CC3)cc2)cc1. The molecule has 170 valence electrons. The Hall–Kier alpha value is -3.11. The Morgan fingerprint density at radius 2 is 1.84 bits per heavy atom. The zero-order valence-corrected chi connectivity index (χ0v) is 18.8. The molecular weight excluding hydrogens is 428 g/mol. The van der Waals surface area contributed by atoms with E-state index < -0.39 is 10.2 Å². The summed E-state index contributed by atoms with van der Waals surface area (Å²) in [5, 5.41) is 3.07. The highest BCUT2D eigenvalue weighted by Crippen LogP contribution is 2.22. The van der Waals surface area contributed by atoms with Gasteiger partial charge in [-0.1, -0.05) is 12.1 Å². The Balaban J connectivity index is 1.39. The van der Waals surface area contributed by atoms with Gasteiger partial charge in [0.15, 0.2) is 11.7 Å². The molecule has 0 unspecified atom stereocenters. The van der Waals surface area contributed by atoms with Crippen LogP contribution < -0.4 is 25.4 Å². The number of nitrogens with zero attached hydrogens (tertiary/aromatic N) is 3. The van der Waals surface area contributed by atoms with E-state index in [1.54, 1.807) is 7.11 Å². The van der Waals surface area contributed by atoms with Crippen LogP contribution in [0.1, 0.15) is 18.4 Å². The van der Waals surface area contributed by atoms with E-state index in [-0.39, 0.29) is 17.7 Å². The molecule has 2 aromatic carbocycles. The van der Waals surface area contributed by atoms with Crippen molar-refractivity contribution in [1.29, 1.82) is 0 Å². The standard InChI is InChI=1S/C22H28N6O3S/c1-31-20-8-2-16(3-9-20)10-13-24-21-22(27-32(29,30)26-21)25-18-4-6-19(7-5-18)28-14-11-17(23)12-15-28/h2-9,17H,10-15,23H2,1H3,(H,24,26)(H,25,27). The summed E-state index contributed by atoms with van der Waals surface area (Å²) >= 11 is 0. The first-order chi connectivity index (χ1) is 15.4. The van der Waals surface area contributed by atoms with Crippen molar-refractivity contribution in [1.82, 2.24) is 4.72 Å². The summed E-state index contributed by atoms with van der Waals surface area (Å²) in [7, 11) is -2.17. The van der Waals surface area contributed by atoms with Crippen molar-refractivity contribution in [2.75, 3.05) is 37.0 Å². The van der Waals surface area contributed by atoms with Gasteiger partial charge in [-0.05, 0) is 61.2 Å². The maximum absolute atomic E-state index is 12.0. The predicted octanol–water partition coefficient (Wildman–Crippen LogP) is 1.92. The van der Waals surface area contributed by atoms with E-state index in [1.807, 2.05) is 48.5 Å². The second kappa shape index (κ2) is 9.58. The van der Waals surface area contributed by atoms with Crippen molar-refractivity contribution in [3.63, 3.8) is 0 Å². The lowest BCUT2D eigenvalue weighted by molar-refractivity contribution is 0.414. The van der Waals surface area contributed by atoms with Crippen LogP contribution in [0, 0.1) is 0 Å². The van der Waals surface area contributed by atoms with Crippen molar-refractivity contribution in [2.45, 2.75) is 25.3 Å². The third-order valence-electron chi connectivity index (χ3n) is 5.53. The average Bonchev–Trinajstić information content (AvgIpc) is 3.08. The summed E-state index contributed by atoms with van der Waals surface area (Å²) in [4.78, 5) is 6.72. The Labute approximate surface area is 188 Å². The van der Waals surface area contributed by atoms with E-state index in [9.17, 15) is 8.42 Å². The van der Waals surface area contributed by atoms with Crippen molar-refractivity contribution < 1.29 is 13.2 Å². The van der Waals surface area contributed by atoms with Crippen LogP contribution in [0.4, 0.5) is 11.4 Å². The van der Waals surface area contributed by atoms with Gasteiger partial charge in [0.05, 0.1) is 7.11 Å². The number of rotatable bonds is 6. The largest absolute Gasteiger partial charge is 0.497 e. The van der Waals surface area contributed by atoms with Gasteiger partial charge in [-0.3, -0.25) is 4.99 Å². The highest BCUT2D eigenvalue weighted by molar-refractivity contribution is 7.89. The lowest BCUT2D eigenvalue weighted by Crippen LogP contribution is -2.39. The fraction of sp³-hybridized carbons (Fsp3) is 0.364. The number of hydrogen-bond acceptors (Lipinski definition) is 7. The van der Waals surface area contributed by atoms with E-state index in [2.05, 4.69) is 24.3 Å². The van der Waals surface area contributed by atoms with Crippen molar-refractivity contribution >= 4 is 33.3 Å². The highest BCUT2D eigenvalue weighted by Gasteiger charge is 2.26. The number of piperidine rings is 1. The molecule has 0 atom stereocenters. The van der Waals surface area contributed by atoms with Gasteiger partial charge in [0.25, 0.3) is 0 Å². The Kier molecular flexibility index (Phi) is 6.61. The molecule has 4 N–H and O–H groups in total. The highest BCUT2D eigenvalue weighted by atomic mass is 32.2. The number of amidine groups is 2. The Morgan fingerprint density at radius 1 is 1.16 bits per heavy atom. The van der Waals surface area contributed by atoms with Gasteiger partial charge >= 0.3 is 10.2 Å². The second-order valence-electron chi connectivity index (χ2n) is 7.84. The number of anilines is 2. The number of hydrogen-bond donors (Lipinski definition) is 3. The molecule has 1 saturated heterocycles. The molecule has 2 heterocycles. The Morgan fingerprint density at radius 3 is 2.50 bits per heavy atom. The zero-order valence-electron chi connectivity index (χ0n) is 18.0. The fourth-order valence-corrected chi connectivity index (χ4v) is 4.51. The van der Waals surface area contributed by atoms with Gasteiger partial charge in [0.1, 0.15) is 5.75 Å². The smallest absolute Gasteiger partial charge is 0.345 e. The quantitative estimate of drug-likeness (QED) is 0.611. The molecule has 32 heavy (non-hydrogen) atoms. The van der Waals surface area contributed by atoms with E-state index in [1.165, 1.54) is 0 Å². The molecule has 2 aliphatic heterocycles. The Bertz CT molecular complexity index is 1090. The molecule has 9 nitrogen and oxygen atoms in total. The van der Waals surface area contributed by atoms with Gasteiger partial charge < -0.3 is 20.7 Å². The third kappa shape index (κ3) is 5.57. The molecule has 0 aliphatic carbocycles. The summed E-state index contributed by atoms with van der Waals surface area (Å²) in [5.41, 5.74) is 8.92. The molecule has 0 amide bonds. The van der Waals surface area contributed by atoms with Gasteiger partial charge in [0.2, 0.25) is 0 Å². The topological polar surface area (TPSA) is 121 Å². The molecule has 1 fully saturated rings. The molecule has 0 bridgehead atoms. The predicted molar refractivity (Wildman–Crippen MR) is 128 cm³/mol. The van der Waals surface area contributed by atoms with Crippen LogP contribution in [-0.4, -0.2) is 52.9 Å². The first-order valence-corrected chi connectivity index (χ1v) is 12.0. The van der Waals surface area contributed by atoms with Crippen LogP contribution in [0.5, 0.6) is 5.75 Å². The van der Waals surface area contributed by atoms with E-state index in [0.29, 0.717) is 13.0 Å². The summed E-state index contributed by atoms with van der Waals surface area (Å²) in [6.45, 7) is 2.29. The maximum Gasteiger partial charge on any atom is 0.345 e. The number of nitrogens with one attached hydrogen (secondary N) is 2. The van der Waals surface area contributed by atoms with Crippen LogP contribution in [0.3, 0.4) is 0 Å². The molecule has 2 aromatic rings. The van der Waals surface area contributed by atoms with Gasteiger partial charge in [0, 0.05) is 37.1 Å². The minimum Gasteiger partial charge on any atom is -0.497 e. The third-order valence-corrected chi connectivity index (χ3v) is 6.40. The van der Waals surface area contributed by atoms with Crippen LogP contribution >= 0.6 is 0 Å². The number of methoxy groups -OCH3 is 1. The molecule has 4 rings (SSSR count). The fourth-order valence-electron chi connectivity index (χ4n) is 3.68. The van der Waals surface area contributed by atoms with Crippen LogP contribution in [0.15, 0.2) is 57.9 Å². The summed E-state index contributed by atoms with van der Waals surface area (Å²) in [6, 6.07) is 15.8. The van der Waals surface area contributed by atoms with Gasteiger partial charge in [-0.25, -0.2) is 4.72 Å². The first-order valence-electron chi connectivity index (χ1n) is 10.6. The summed E-state index contributed by atoms with van der Waals surface area (Å²) in [6.07, 6.45) is 2.63. The molecule has 0 saturated carbocycles. The summed E-state index contributed by atoms with van der Waals surface area (Å²) in [5.74, 6) is 1.20. The first kappa shape index (κ1) is 22.1. The second-order valence-corrected chi connectivity index (χ2v) is 9.18. The number of ether oxygens (including phenoxy) is 1. The number of nitrogens with two attached hydrogens (primary N) is 1. The van der Waals surface area contributed by atoms with Crippen molar-refractivity contribution in [3.8, 4) is 5.75 Å². The number of benzene rings is 2. The monoisotopic (exact) mass is 456 g/mol. The minimum atomic E-state index is -3.79. The molecule has 0 radical (unpaired) electrons. The van der Waals surface area contributed by atoms with E-state index in [0.717, 1.165) is 48.6 Å². The van der Waals surface area contributed by atoms with E-state index in [4.69, 9.17) is 10.5 Å². The normalized spacial score (nSPS) is 19.5. The van der Waals surface area contributed by atoms with E-state index >= 15 is 0 Å².